The van der Waals surface area contributed by atoms with Gasteiger partial charge in [0.15, 0.2) is 6.10 Å². The van der Waals surface area contributed by atoms with E-state index in [1.165, 1.54) is 96.3 Å². The molecule has 4 N–H and O–H groups in total. The van der Waals surface area contributed by atoms with Gasteiger partial charge in [-0.15, -0.1) is 0 Å². The van der Waals surface area contributed by atoms with E-state index in [-0.39, 0.29) is 44.3 Å². The molecule has 1 aliphatic carbocycles. The van der Waals surface area contributed by atoms with Crippen molar-refractivity contribution >= 4 is 19.8 Å². The average molecular weight is 889 g/mol. The van der Waals surface area contributed by atoms with Gasteiger partial charge in [-0.1, -0.05) is 173 Å². The Bertz CT molecular complexity index is 1210. The Morgan fingerprint density at radius 2 is 1.23 bits per heavy atom. The van der Waals surface area contributed by atoms with Gasteiger partial charge in [0, 0.05) is 18.8 Å². The first-order chi connectivity index (χ1) is 29.2. The summed E-state index contributed by atoms with van der Waals surface area (Å²) in [4.78, 5) is 35.7. The third-order valence-electron chi connectivity index (χ3n) is 11.6. The van der Waals surface area contributed by atoms with Crippen LogP contribution < -0.4 is 0 Å². The molecule has 12 nitrogen and oxygen atoms in total. The molecule has 0 amide bonds. The van der Waals surface area contributed by atoms with Gasteiger partial charge in [-0.25, -0.2) is 4.57 Å². The van der Waals surface area contributed by atoms with Crippen molar-refractivity contribution in [1.82, 2.24) is 0 Å². The number of phosphoric ester groups is 1. The Kier molecular flexibility index (Phi) is 33.6. The lowest BCUT2D eigenvalue weighted by Crippen LogP contribution is -2.37. The third kappa shape index (κ3) is 32.7. The Hall–Kier alpha value is -1.63. The quantitative estimate of drug-likeness (QED) is 0.0152. The van der Waals surface area contributed by atoms with Crippen LogP contribution in [0.1, 0.15) is 187 Å². The molecule has 1 unspecified atom stereocenters. The molecule has 0 radical (unpaired) electrons. The number of quaternary nitrogens is 1. The van der Waals surface area contributed by atoms with Crippen molar-refractivity contribution in [3.05, 3.63) is 24.3 Å². The fraction of sp³-hybridized carbons (Fsp3) is 0.875. The summed E-state index contributed by atoms with van der Waals surface area (Å²) in [5.74, 6) is -1.71. The largest absolute Gasteiger partial charge is 0.472 e. The summed E-state index contributed by atoms with van der Waals surface area (Å²) in [6.45, 7) is 3.96. The van der Waals surface area contributed by atoms with E-state index in [4.69, 9.17) is 18.5 Å². The number of phosphoric acid groups is 1. The van der Waals surface area contributed by atoms with Gasteiger partial charge >= 0.3 is 19.8 Å². The molecule has 1 saturated carbocycles. The van der Waals surface area contributed by atoms with Crippen molar-refractivity contribution in [1.29, 1.82) is 0 Å². The fourth-order valence-electron chi connectivity index (χ4n) is 7.70. The molecule has 0 aromatic rings. The van der Waals surface area contributed by atoms with Crippen LogP contribution in [0.5, 0.6) is 0 Å². The van der Waals surface area contributed by atoms with E-state index in [0.29, 0.717) is 30.3 Å². The molecule has 7 atom stereocenters. The molecule has 0 aliphatic heterocycles. The van der Waals surface area contributed by atoms with E-state index >= 15 is 0 Å². The monoisotopic (exact) mass is 889 g/mol. The lowest BCUT2D eigenvalue weighted by Gasteiger charge is -2.24. The Morgan fingerprint density at radius 3 is 1.77 bits per heavy atom. The van der Waals surface area contributed by atoms with Crippen LogP contribution in [0.25, 0.3) is 0 Å². The van der Waals surface area contributed by atoms with Crippen molar-refractivity contribution in [2.75, 3.05) is 47.5 Å². The zero-order valence-corrected chi connectivity index (χ0v) is 40.1. The van der Waals surface area contributed by atoms with Crippen LogP contribution in [0, 0.1) is 11.8 Å². The number of likely N-dealkylation sites (N-methyl/N-ethyl adjacent to an activating group) is 1. The van der Waals surface area contributed by atoms with Gasteiger partial charge in [-0.2, -0.15) is 0 Å². The number of aliphatic hydroxyl groups is 3. The molecule has 358 valence electrons. The van der Waals surface area contributed by atoms with Crippen LogP contribution in [0.2, 0.25) is 0 Å². The minimum Gasteiger partial charge on any atom is -0.462 e. The summed E-state index contributed by atoms with van der Waals surface area (Å²) < 4.78 is 34.3. The summed E-state index contributed by atoms with van der Waals surface area (Å²) in [6, 6.07) is 0. The van der Waals surface area contributed by atoms with E-state index in [1.807, 2.05) is 21.1 Å². The Morgan fingerprint density at radius 1 is 0.705 bits per heavy atom. The number of ether oxygens (including phenoxy) is 2. The standard InChI is InChI=1S/C48H90NO11P/c1-6-8-10-11-12-13-14-15-16-17-18-19-20-21-22-23-24-25-27-32-47(53)57-39-42(40-59-61(55,56)58-37-36-49(3,4)5)60-48(54)33-29-28-31-43-44(46(52)38-45(43)51)35-34-41(50)30-26-9-7-2/h28-29,34-35,41-46,50-52H,6-27,30-33,36-40H2,1-5H3/p+1/b29-28-,35-34+/t41-,42-,43+,44-,45+,46-/m1/s1. The number of hydrogen-bond donors (Lipinski definition) is 4. The first-order valence-corrected chi connectivity index (χ1v) is 25.8. The van der Waals surface area contributed by atoms with E-state index in [1.54, 1.807) is 24.3 Å². The SMILES string of the molecule is CCCCCCCCCCCCCCCCCCCCCC(=O)OC[C@H](COP(=O)(O)OCC[N+](C)(C)C)OC(=O)C/C=C\C[C@H]1[C@@H](/C=C/[C@H](O)CCCCC)[C@H](O)C[C@@H]1O. The van der Waals surface area contributed by atoms with Crippen LogP contribution >= 0.6 is 7.82 Å². The molecule has 1 fully saturated rings. The van der Waals surface area contributed by atoms with Gasteiger partial charge in [0.1, 0.15) is 19.8 Å². The third-order valence-corrected chi connectivity index (χ3v) is 12.6. The van der Waals surface area contributed by atoms with Gasteiger partial charge in [-0.3, -0.25) is 18.6 Å². The predicted molar refractivity (Wildman–Crippen MR) is 245 cm³/mol. The topological polar surface area (TPSA) is 169 Å². The number of carbonyl (C=O) groups is 2. The number of nitrogens with zero attached hydrogens (tertiary/aromatic N) is 1. The van der Waals surface area contributed by atoms with E-state index in [9.17, 15) is 34.4 Å². The second-order valence-electron chi connectivity index (χ2n) is 18.5. The second-order valence-corrected chi connectivity index (χ2v) is 19.9. The molecular weight excluding hydrogens is 797 g/mol. The van der Waals surface area contributed by atoms with Crippen molar-refractivity contribution < 1.29 is 57.4 Å². The van der Waals surface area contributed by atoms with Gasteiger partial charge in [0.2, 0.25) is 0 Å². The number of esters is 2. The van der Waals surface area contributed by atoms with Crippen molar-refractivity contribution in [2.45, 2.75) is 212 Å². The molecule has 1 aliphatic rings. The predicted octanol–water partition coefficient (Wildman–Crippen LogP) is 10.3. The van der Waals surface area contributed by atoms with Crippen LogP contribution in [-0.4, -0.2) is 109 Å². The normalized spacial score (nSPS) is 20.3. The molecule has 0 heterocycles. The van der Waals surface area contributed by atoms with E-state index in [2.05, 4.69) is 13.8 Å². The van der Waals surface area contributed by atoms with Crippen molar-refractivity contribution in [3.63, 3.8) is 0 Å². The number of hydrogen-bond acceptors (Lipinski definition) is 10. The van der Waals surface area contributed by atoms with Gasteiger partial charge < -0.3 is 34.2 Å². The van der Waals surface area contributed by atoms with Gasteiger partial charge in [0.25, 0.3) is 0 Å². The lowest BCUT2D eigenvalue weighted by molar-refractivity contribution is -0.870. The van der Waals surface area contributed by atoms with Crippen LogP contribution in [-0.2, 0) is 32.7 Å². The minimum atomic E-state index is -4.47. The second kappa shape index (κ2) is 35.7. The number of carbonyl (C=O) groups excluding carboxylic acids is 2. The summed E-state index contributed by atoms with van der Waals surface area (Å²) in [6.07, 6.45) is 32.1. The molecular formula is C48H91NO11P+. The fourth-order valence-corrected chi connectivity index (χ4v) is 8.44. The molecule has 0 spiro atoms. The highest BCUT2D eigenvalue weighted by Gasteiger charge is 2.39. The van der Waals surface area contributed by atoms with Crippen molar-refractivity contribution in [3.8, 4) is 0 Å². The number of rotatable bonds is 40. The first-order valence-electron chi connectivity index (χ1n) is 24.3. The van der Waals surface area contributed by atoms with Crippen LogP contribution in [0.4, 0.5) is 0 Å². The molecule has 1 rings (SSSR count). The maximum Gasteiger partial charge on any atom is 0.472 e. The summed E-state index contributed by atoms with van der Waals surface area (Å²) >= 11 is 0. The summed E-state index contributed by atoms with van der Waals surface area (Å²) in [5.41, 5.74) is 0. The molecule has 13 heteroatoms. The molecule has 0 bridgehead atoms. The maximum atomic E-state index is 12.9. The average Bonchev–Trinajstić information content (AvgIpc) is 3.47. The molecule has 0 aromatic heterocycles. The Balaban J connectivity index is 2.46. The smallest absolute Gasteiger partial charge is 0.462 e. The van der Waals surface area contributed by atoms with Crippen molar-refractivity contribution in [2.24, 2.45) is 11.8 Å². The minimum absolute atomic E-state index is 0.0239. The Labute approximate surface area is 371 Å². The highest BCUT2D eigenvalue weighted by Crippen LogP contribution is 2.43. The summed E-state index contributed by atoms with van der Waals surface area (Å²) in [7, 11) is 1.29. The van der Waals surface area contributed by atoms with E-state index in [0.717, 1.165) is 38.5 Å². The zero-order valence-electron chi connectivity index (χ0n) is 39.2. The molecule has 61 heavy (non-hydrogen) atoms. The molecule has 0 aromatic carbocycles. The highest BCUT2D eigenvalue weighted by molar-refractivity contribution is 7.47. The van der Waals surface area contributed by atoms with Gasteiger partial charge in [-0.05, 0) is 25.2 Å². The van der Waals surface area contributed by atoms with Crippen LogP contribution in [0.15, 0.2) is 24.3 Å². The summed E-state index contributed by atoms with van der Waals surface area (Å²) in [5, 5.41) is 31.5. The number of aliphatic hydroxyl groups excluding tert-OH is 3. The first kappa shape index (κ1) is 57.4. The number of allylic oxidation sites excluding steroid dienone is 1. The van der Waals surface area contributed by atoms with Gasteiger partial charge in [0.05, 0.1) is 52.5 Å². The lowest BCUT2D eigenvalue weighted by atomic mass is 9.89. The highest BCUT2D eigenvalue weighted by atomic mass is 31.2. The van der Waals surface area contributed by atoms with Crippen LogP contribution in [0.3, 0.4) is 0 Å². The number of unbranched alkanes of at least 4 members (excludes halogenated alkanes) is 20. The maximum absolute atomic E-state index is 12.9. The van der Waals surface area contributed by atoms with E-state index < -0.39 is 50.8 Å². The molecule has 0 saturated heterocycles. The zero-order chi connectivity index (χ0) is 45.2.